The summed E-state index contributed by atoms with van der Waals surface area (Å²) >= 11 is 0. The molecule has 0 aliphatic heterocycles. The fourth-order valence-electron chi connectivity index (χ4n) is 2.03. The second-order valence-corrected chi connectivity index (χ2v) is 4.96. The van der Waals surface area contributed by atoms with Crippen molar-refractivity contribution in [3.8, 4) is 17.2 Å². The largest absolute Gasteiger partial charge is 0.493 e. The quantitative estimate of drug-likeness (QED) is 0.713. The highest BCUT2D eigenvalue weighted by Gasteiger charge is 2.06. The van der Waals surface area contributed by atoms with Crippen LogP contribution in [0.5, 0.6) is 17.2 Å². The molecule has 0 spiro atoms. The van der Waals surface area contributed by atoms with Gasteiger partial charge in [-0.2, -0.15) is 0 Å². The van der Waals surface area contributed by atoms with Crippen molar-refractivity contribution in [2.45, 2.75) is 6.42 Å². The summed E-state index contributed by atoms with van der Waals surface area (Å²) < 4.78 is 16.2. The molecule has 2 aromatic carbocycles. The summed E-state index contributed by atoms with van der Waals surface area (Å²) in [5, 5.41) is 2.81. The predicted molar refractivity (Wildman–Crippen MR) is 100.0 cm³/mol. The number of halogens is 1. The minimum Gasteiger partial charge on any atom is -0.493 e. The van der Waals surface area contributed by atoms with Gasteiger partial charge in [0.25, 0.3) is 0 Å². The molecule has 136 valence electrons. The third-order valence-electron chi connectivity index (χ3n) is 3.18. The minimum absolute atomic E-state index is 0. The maximum absolute atomic E-state index is 11.9. The molecule has 25 heavy (non-hydrogen) atoms. The zero-order valence-electron chi connectivity index (χ0n) is 14.1. The number of hydrogen-bond donors (Lipinski definition) is 2. The number of anilines is 1. The van der Waals surface area contributed by atoms with Crippen LogP contribution in [0.25, 0.3) is 0 Å². The molecule has 0 atom stereocenters. The molecule has 7 heteroatoms. The van der Waals surface area contributed by atoms with Gasteiger partial charge in [-0.15, -0.1) is 12.4 Å². The first-order valence-corrected chi connectivity index (χ1v) is 7.71. The average Bonchev–Trinajstić information content (AvgIpc) is 2.61. The molecule has 0 saturated carbocycles. The number of carbonyl (C=O) groups is 1. The van der Waals surface area contributed by atoms with E-state index >= 15 is 0 Å². The van der Waals surface area contributed by atoms with Gasteiger partial charge in [-0.05, 0) is 36.4 Å². The van der Waals surface area contributed by atoms with E-state index in [4.69, 9.17) is 19.9 Å². The topological polar surface area (TPSA) is 82.8 Å². The van der Waals surface area contributed by atoms with Gasteiger partial charge in [-0.25, -0.2) is 0 Å². The van der Waals surface area contributed by atoms with Gasteiger partial charge >= 0.3 is 0 Å². The summed E-state index contributed by atoms with van der Waals surface area (Å²) in [6.07, 6.45) is 0.240. The highest BCUT2D eigenvalue weighted by atomic mass is 35.5. The third-order valence-corrected chi connectivity index (χ3v) is 3.18. The number of nitrogens with two attached hydrogens (primary N) is 1. The Morgan fingerprint density at radius 2 is 1.68 bits per heavy atom. The third kappa shape index (κ3) is 6.91. The van der Waals surface area contributed by atoms with E-state index < -0.39 is 0 Å². The molecule has 0 saturated heterocycles. The molecule has 0 aliphatic carbocycles. The second-order valence-electron chi connectivity index (χ2n) is 4.96. The molecule has 6 nitrogen and oxygen atoms in total. The summed E-state index contributed by atoms with van der Waals surface area (Å²) in [7, 11) is 1.58. The highest BCUT2D eigenvalue weighted by molar-refractivity contribution is 5.90. The van der Waals surface area contributed by atoms with Crippen LogP contribution >= 0.6 is 12.4 Å². The lowest BCUT2D eigenvalue weighted by molar-refractivity contribution is -0.116. The zero-order valence-corrected chi connectivity index (χ0v) is 14.9. The molecule has 0 unspecified atom stereocenters. The molecule has 0 fully saturated rings. The minimum atomic E-state index is -0.125. The average molecular weight is 367 g/mol. The van der Waals surface area contributed by atoms with Crippen LogP contribution in [0.3, 0.4) is 0 Å². The fraction of sp³-hybridized carbons (Fsp3) is 0.278. The number of amides is 1. The van der Waals surface area contributed by atoms with Gasteiger partial charge in [-0.3, -0.25) is 4.79 Å². The first-order valence-electron chi connectivity index (χ1n) is 7.71. The van der Waals surface area contributed by atoms with Gasteiger partial charge in [0, 0.05) is 12.2 Å². The van der Waals surface area contributed by atoms with Gasteiger partial charge in [0.05, 0.1) is 20.1 Å². The van der Waals surface area contributed by atoms with Crippen LogP contribution in [0.2, 0.25) is 0 Å². The number of para-hydroxylation sites is 2. The lowest BCUT2D eigenvalue weighted by atomic mass is 10.3. The number of hydrogen-bond acceptors (Lipinski definition) is 5. The monoisotopic (exact) mass is 366 g/mol. The number of benzene rings is 2. The summed E-state index contributed by atoms with van der Waals surface area (Å²) in [6, 6.07) is 14.5. The van der Waals surface area contributed by atoms with Crippen molar-refractivity contribution in [3.05, 3.63) is 48.5 Å². The van der Waals surface area contributed by atoms with E-state index in [1.807, 2.05) is 18.2 Å². The highest BCUT2D eigenvalue weighted by Crippen LogP contribution is 2.25. The molecule has 0 aromatic heterocycles. The van der Waals surface area contributed by atoms with Gasteiger partial charge in [0.1, 0.15) is 12.4 Å². The van der Waals surface area contributed by atoms with E-state index in [0.717, 1.165) is 5.75 Å². The van der Waals surface area contributed by atoms with Gasteiger partial charge in [0.15, 0.2) is 11.5 Å². The van der Waals surface area contributed by atoms with Crippen LogP contribution in [-0.4, -0.2) is 32.8 Å². The lowest BCUT2D eigenvalue weighted by Crippen LogP contribution is -2.15. The maximum Gasteiger partial charge on any atom is 0.227 e. The van der Waals surface area contributed by atoms with Crippen molar-refractivity contribution >= 4 is 24.0 Å². The van der Waals surface area contributed by atoms with Gasteiger partial charge in [0.2, 0.25) is 5.91 Å². The smallest absolute Gasteiger partial charge is 0.227 e. The Morgan fingerprint density at radius 3 is 2.32 bits per heavy atom. The van der Waals surface area contributed by atoms with Crippen molar-refractivity contribution in [1.29, 1.82) is 0 Å². The Balaban J connectivity index is 0.00000312. The summed E-state index contributed by atoms with van der Waals surface area (Å²) in [6.45, 7) is 1.20. The Labute approximate surface area is 153 Å². The van der Waals surface area contributed by atoms with Gasteiger partial charge < -0.3 is 25.3 Å². The van der Waals surface area contributed by atoms with Crippen molar-refractivity contribution in [2.75, 3.05) is 32.2 Å². The summed E-state index contributed by atoms with van der Waals surface area (Å²) in [5.41, 5.74) is 6.08. The number of nitrogens with one attached hydrogen (secondary N) is 1. The van der Waals surface area contributed by atoms with E-state index in [9.17, 15) is 4.79 Å². The van der Waals surface area contributed by atoms with Crippen molar-refractivity contribution in [3.63, 3.8) is 0 Å². The zero-order chi connectivity index (χ0) is 17.2. The second kappa shape index (κ2) is 11.2. The van der Waals surface area contributed by atoms with Crippen LogP contribution in [0, 0.1) is 0 Å². The molecule has 2 rings (SSSR count). The first-order chi connectivity index (χ1) is 11.7. The molecule has 1 amide bonds. The van der Waals surface area contributed by atoms with Crippen molar-refractivity contribution in [2.24, 2.45) is 5.73 Å². The van der Waals surface area contributed by atoms with Crippen LogP contribution in [0.4, 0.5) is 5.69 Å². The Kier molecular flexibility index (Phi) is 9.21. The standard InChI is InChI=1S/C18H22N2O4.ClH/c1-22-16-4-2-3-5-17(16)24-12-10-18(21)20-14-6-8-15(9-7-14)23-13-11-19;/h2-9H,10-13,19H2,1H3,(H,20,21);1H. The molecule has 0 heterocycles. The van der Waals surface area contributed by atoms with E-state index in [1.165, 1.54) is 0 Å². The van der Waals surface area contributed by atoms with Crippen molar-refractivity contribution < 1.29 is 19.0 Å². The maximum atomic E-state index is 11.9. The van der Waals surface area contributed by atoms with Gasteiger partial charge in [-0.1, -0.05) is 12.1 Å². The number of methoxy groups -OCH3 is 1. The summed E-state index contributed by atoms with van der Waals surface area (Å²) in [5.74, 6) is 1.86. The molecular weight excluding hydrogens is 344 g/mol. The first kappa shape index (κ1) is 20.6. The van der Waals surface area contributed by atoms with E-state index in [-0.39, 0.29) is 31.3 Å². The fourth-order valence-corrected chi connectivity index (χ4v) is 2.03. The van der Waals surface area contributed by atoms with Crippen LogP contribution in [0.1, 0.15) is 6.42 Å². The van der Waals surface area contributed by atoms with E-state index in [2.05, 4.69) is 5.32 Å². The SMILES string of the molecule is COc1ccccc1OCCC(=O)Nc1ccc(OCCN)cc1.Cl. The number of carbonyl (C=O) groups excluding carboxylic acids is 1. The molecule has 0 bridgehead atoms. The number of ether oxygens (including phenoxy) is 3. The normalized spacial score (nSPS) is 9.68. The lowest BCUT2D eigenvalue weighted by Gasteiger charge is -2.10. The molecular formula is C18H23ClN2O4. The van der Waals surface area contributed by atoms with Crippen LogP contribution in [0.15, 0.2) is 48.5 Å². The van der Waals surface area contributed by atoms with Crippen molar-refractivity contribution in [1.82, 2.24) is 0 Å². The van der Waals surface area contributed by atoms with Crippen LogP contribution in [-0.2, 0) is 4.79 Å². The Morgan fingerprint density at radius 1 is 1.00 bits per heavy atom. The predicted octanol–water partition coefficient (Wildman–Crippen LogP) is 2.86. The van der Waals surface area contributed by atoms with Crippen LogP contribution < -0.4 is 25.3 Å². The van der Waals surface area contributed by atoms with E-state index in [1.54, 1.807) is 37.4 Å². The molecule has 3 N–H and O–H groups in total. The van der Waals surface area contributed by atoms with E-state index in [0.29, 0.717) is 30.3 Å². The molecule has 0 radical (unpaired) electrons. The number of rotatable bonds is 9. The molecule has 0 aliphatic rings. The Bertz CT molecular complexity index is 650. The Hall–Kier alpha value is -2.44. The molecule has 2 aromatic rings. The summed E-state index contributed by atoms with van der Waals surface area (Å²) in [4.78, 5) is 11.9.